The Balaban J connectivity index is 2.00. The van der Waals surface area contributed by atoms with Crippen LogP contribution in [0.3, 0.4) is 0 Å². The van der Waals surface area contributed by atoms with Gasteiger partial charge in [0.1, 0.15) is 0 Å². The lowest BCUT2D eigenvalue weighted by atomic mass is 10.2. The molecule has 19 heavy (non-hydrogen) atoms. The van der Waals surface area contributed by atoms with Gasteiger partial charge >= 0.3 is 5.69 Å². The van der Waals surface area contributed by atoms with Crippen molar-refractivity contribution in [3.63, 3.8) is 0 Å². The first kappa shape index (κ1) is 13.1. The lowest BCUT2D eigenvalue weighted by Gasteiger charge is -2.04. The largest absolute Gasteiger partial charge is 0.340 e. The number of aryl methyl sites for hydroxylation is 1. The zero-order valence-corrected chi connectivity index (χ0v) is 10.1. The number of aromatic nitrogens is 2. The molecule has 7 nitrogen and oxygen atoms in total. The van der Waals surface area contributed by atoms with Crippen molar-refractivity contribution in [1.82, 2.24) is 15.5 Å². The highest BCUT2D eigenvalue weighted by Gasteiger charge is 2.16. The van der Waals surface area contributed by atoms with Crippen molar-refractivity contribution < 1.29 is 13.8 Å². The van der Waals surface area contributed by atoms with Gasteiger partial charge in [-0.05, 0) is 0 Å². The van der Waals surface area contributed by atoms with E-state index in [1.807, 2.05) is 0 Å². The Morgan fingerprint density at radius 1 is 1.47 bits per heavy atom. The zero-order valence-electron chi connectivity index (χ0n) is 10.1. The molecule has 1 aromatic heterocycles. The van der Waals surface area contributed by atoms with Crippen molar-refractivity contribution in [2.45, 2.75) is 20.0 Å². The third-order valence-corrected chi connectivity index (χ3v) is 2.42. The Hall–Kier alpha value is -2.35. The van der Waals surface area contributed by atoms with Crippen LogP contribution in [0, 0.1) is 22.9 Å². The van der Waals surface area contributed by atoms with Gasteiger partial charge in [0, 0.05) is 25.1 Å². The fourth-order valence-corrected chi connectivity index (χ4v) is 1.57. The van der Waals surface area contributed by atoms with Gasteiger partial charge in [-0.1, -0.05) is 17.3 Å². The molecular formula is C11H11FN4O3. The van der Waals surface area contributed by atoms with Crippen LogP contribution in [-0.4, -0.2) is 15.1 Å². The second-order valence-corrected chi connectivity index (χ2v) is 3.84. The molecule has 8 heteroatoms. The average molecular weight is 266 g/mol. The van der Waals surface area contributed by atoms with Crippen LogP contribution in [0.5, 0.6) is 0 Å². The molecule has 0 radical (unpaired) electrons. The zero-order chi connectivity index (χ0) is 13.8. The molecule has 100 valence electrons. The van der Waals surface area contributed by atoms with Crippen molar-refractivity contribution in [3.05, 3.63) is 51.4 Å². The molecule has 1 heterocycles. The predicted octanol–water partition coefficient (Wildman–Crippen LogP) is 1.72. The van der Waals surface area contributed by atoms with E-state index in [9.17, 15) is 14.5 Å². The number of nitro groups is 1. The summed E-state index contributed by atoms with van der Waals surface area (Å²) in [7, 11) is 0. The summed E-state index contributed by atoms with van der Waals surface area (Å²) in [6.45, 7) is 2.09. The van der Waals surface area contributed by atoms with Gasteiger partial charge in [-0.15, -0.1) is 0 Å². The molecule has 0 unspecified atom stereocenters. The third kappa shape index (κ3) is 3.10. The molecule has 2 rings (SSSR count). The first-order valence-corrected chi connectivity index (χ1v) is 5.49. The molecule has 0 fully saturated rings. The SMILES string of the molecule is Cc1nc(CNCc2cccc([N+](=O)[O-])c2F)no1. The summed E-state index contributed by atoms with van der Waals surface area (Å²) in [6.07, 6.45) is 0. The van der Waals surface area contributed by atoms with Crippen LogP contribution in [0.4, 0.5) is 10.1 Å². The maximum atomic E-state index is 13.7. The quantitative estimate of drug-likeness (QED) is 0.654. The molecular weight excluding hydrogens is 255 g/mol. The molecule has 0 atom stereocenters. The van der Waals surface area contributed by atoms with Gasteiger partial charge in [-0.25, -0.2) is 0 Å². The van der Waals surface area contributed by atoms with Crippen molar-refractivity contribution in [2.24, 2.45) is 0 Å². The topological polar surface area (TPSA) is 94.1 Å². The Morgan fingerprint density at radius 2 is 2.26 bits per heavy atom. The minimum atomic E-state index is -0.829. The maximum Gasteiger partial charge on any atom is 0.305 e. The van der Waals surface area contributed by atoms with Crippen LogP contribution in [-0.2, 0) is 13.1 Å². The summed E-state index contributed by atoms with van der Waals surface area (Å²) in [4.78, 5) is 13.8. The van der Waals surface area contributed by atoms with Gasteiger partial charge in [-0.3, -0.25) is 10.1 Å². The minimum absolute atomic E-state index is 0.140. The molecule has 0 aliphatic heterocycles. The molecule has 0 aliphatic carbocycles. The van der Waals surface area contributed by atoms with E-state index in [0.717, 1.165) is 6.07 Å². The number of benzene rings is 1. The second-order valence-electron chi connectivity index (χ2n) is 3.84. The van der Waals surface area contributed by atoms with Gasteiger partial charge in [0.15, 0.2) is 5.82 Å². The monoisotopic (exact) mass is 266 g/mol. The molecule has 1 aromatic carbocycles. The number of nitrogens with one attached hydrogen (secondary N) is 1. The average Bonchev–Trinajstić information content (AvgIpc) is 2.77. The molecule has 0 aliphatic rings. The number of halogens is 1. The lowest BCUT2D eigenvalue weighted by Crippen LogP contribution is -2.15. The molecule has 1 N–H and O–H groups in total. The predicted molar refractivity (Wildman–Crippen MR) is 62.6 cm³/mol. The van der Waals surface area contributed by atoms with Gasteiger partial charge in [0.2, 0.25) is 11.7 Å². The van der Waals surface area contributed by atoms with Crippen LogP contribution in [0.25, 0.3) is 0 Å². The van der Waals surface area contributed by atoms with Gasteiger partial charge in [-0.2, -0.15) is 9.37 Å². The summed E-state index contributed by atoms with van der Waals surface area (Å²) in [5.74, 6) is 0.0611. The van der Waals surface area contributed by atoms with E-state index in [-0.39, 0.29) is 12.1 Å². The third-order valence-electron chi connectivity index (χ3n) is 2.42. The van der Waals surface area contributed by atoms with E-state index in [1.54, 1.807) is 6.92 Å². The first-order valence-electron chi connectivity index (χ1n) is 5.49. The second kappa shape index (κ2) is 5.53. The van der Waals surface area contributed by atoms with Crippen molar-refractivity contribution in [3.8, 4) is 0 Å². The van der Waals surface area contributed by atoms with E-state index >= 15 is 0 Å². The highest BCUT2D eigenvalue weighted by molar-refractivity contribution is 5.36. The van der Waals surface area contributed by atoms with Crippen molar-refractivity contribution in [2.75, 3.05) is 0 Å². The van der Waals surface area contributed by atoms with E-state index < -0.39 is 16.4 Å². The van der Waals surface area contributed by atoms with Crippen LogP contribution >= 0.6 is 0 Å². The summed E-state index contributed by atoms with van der Waals surface area (Å²) in [5.41, 5.74) is -0.316. The van der Waals surface area contributed by atoms with Crippen LogP contribution in [0.15, 0.2) is 22.7 Å². The van der Waals surface area contributed by atoms with E-state index in [4.69, 9.17) is 4.52 Å². The number of rotatable bonds is 5. The van der Waals surface area contributed by atoms with Gasteiger partial charge < -0.3 is 9.84 Å². The summed E-state index contributed by atoms with van der Waals surface area (Å²) in [6, 6.07) is 4.05. The molecule has 2 aromatic rings. The summed E-state index contributed by atoms with van der Waals surface area (Å²) < 4.78 is 18.5. The van der Waals surface area contributed by atoms with Gasteiger partial charge in [0.05, 0.1) is 11.5 Å². The molecule has 0 spiro atoms. The first-order chi connectivity index (χ1) is 9.08. The Morgan fingerprint density at radius 3 is 2.89 bits per heavy atom. The molecule has 0 amide bonds. The van der Waals surface area contributed by atoms with E-state index in [1.165, 1.54) is 12.1 Å². The number of hydrogen-bond donors (Lipinski definition) is 1. The Bertz CT molecular complexity index is 599. The normalized spacial score (nSPS) is 10.6. The summed E-state index contributed by atoms with van der Waals surface area (Å²) >= 11 is 0. The minimum Gasteiger partial charge on any atom is -0.340 e. The number of nitrogens with zero attached hydrogens (tertiary/aromatic N) is 3. The molecule has 0 saturated carbocycles. The van der Waals surface area contributed by atoms with Crippen LogP contribution in [0.1, 0.15) is 17.3 Å². The Kier molecular flexibility index (Phi) is 3.81. The van der Waals surface area contributed by atoms with Gasteiger partial charge in [0.25, 0.3) is 0 Å². The molecule has 0 bridgehead atoms. The number of hydrogen-bond acceptors (Lipinski definition) is 6. The lowest BCUT2D eigenvalue weighted by molar-refractivity contribution is -0.387. The molecule has 0 saturated heterocycles. The fourth-order valence-electron chi connectivity index (χ4n) is 1.57. The van der Waals surface area contributed by atoms with E-state index in [0.29, 0.717) is 18.3 Å². The summed E-state index contributed by atoms with van der Waals surface area (Å²) in [5, 5.41) is 17.1. The standard InChI is InChI=1S/C11H11FN4O3/c1-7-14-10(15-19-7)6-13-5-8-3-2-4-9(11(8)12)16(17)18/h2-4,13H,5-6H2,1H3. The van der Waals surface area contributed by atoms with Crippen LogP contribution < -0.4 is 5.32 Å². The Labute approximate surface area is 107 Å². The number of nitro benzene ring substituents is 1. The van der Waals surface area contributed by atoms with Crippen molar-refractivity contribution in [1.29, 1.82) is 0 Å². The highest BCUT2D eigenvalue weighted by Crippen LogP contribution is 2.19. The van der Waals surface area contributed by atoms with E-state index in [2.05, 4.69) is 15.5 Å². The van der Waals surface area contributed by atoms with Crippen LogP contribution in [0.2, 0.25) is 0 Å². The smallest absolute Gasteiger partial charge is 0.305 e. The maximum absolute atomic E-state index is 13.7. The fraction of sp³-hybridized carbons (Fsp3) is 0.273. The highest BCUT2D eigenvalue weighted by atomic mass is 19.1. The van der Waals surface area contributed by atoms with Crippen molar-refractivity contribution >= 4 is 5.69 Å².